The first-order chi connectivity index (χ1) is 9.36. The van der Waals surface area contributed by atoms with Gasteiger partial charge in [0.05, 0.1) is 11.7 Å². The van der Waals surface area contributed by atoms with E-state index in [2.05, 4.69) is 10.3 Å². The monoisotopic (exact) mass is 281 g/mol. The Morgan fingerprint density at radius 2 is 2.15 bits per heavy atom. The van der Waals surface area contributed by atoms with Crippen molar-refractivity contribution in [3.05, 3.63) is 18.7 Å². The Hall–Kier alpha value is -1.85. The Kier molecular flexibility index (Phi) is 5.73. The highest BCUT2D eigenvalue weighted by atomic mass is 16.4. The van der Waals surface area contributed by atoms with E-state index in [0.29, 0.717) is 6.54 Å². The molecule has 0 saturated heterocycles. The summed E-state index contributed by atoms with van der Waals surface area (Å²) >= 11 is 0. The Bertz CT molecular complexity index is 443. The fourth-order valence-electron chi connectivity index (χ4n) is 1.83. The van der Waals surface area contributed by atoms with Crippen LogP contribution in [0.3, 0.4) is 0 Å². The summed E-state index contributed by atoms with van der Waals surface area (Å²) in [4.78, 5) is 27.1. The van der Waals surface area contributed by atoms with E-state index in [1.165, 1.54) is 0 Å². The molecule has 0 aliphatic carbocycles. The molecule has 6 nitrogen and oxygen atoms in total. The fourth-order valence-corrected chi connectivity index (χ4v) is 1.83. The molecule has 1 aromatic rings. The van der Waals surface area contributed by atoms with Crippen LogP contribution in [0.2, 0.25) is 0 Å². The lowest BCUT2D eigenvalue weighted by atomic mass is 9.76. The van der Waals surface area contributed by atoms with E-state index in [9.17, 15) is 14.7 Å². The lowest BCUT2D eigenvalue weighted by molar-refractivity contribution is -0.153. The van der Waals surface area contributed by atoms with E-state index in [1.807, 2.05) is 24.6 Å². The molecule has 6 heteroatoms. The molecule has 0 spiro atoms. The molecule has 0 fully saturated rings. The molecule has 1 atom stereocenters. The number of imidazole rings is 1. The number of hydrogen-bond donors (Lipinski definition) is 2. The highest BCUT2D eigenvalue weighted by molar-refractivity contribution is 5.84. The maximum Gasteiger partial charge on any atom is 0.310 e. The number of nitrogens with one attached hydrogen (secondary N) is 1. The minimum absolute atomic E-state index is 0.00504. The fraction of sp³-hybridized carbons (Fsp3) is 0.643. The van der Waals surface area contributed by atoms with Gasteiger partial charge in [-0.25, -0.2) is 4.98 Å². The van der Waals surface area contributed by atoms with Crippen molar-refractivity contribution in [1.29, 1.82) is 0 Å². The van der Waals surface area contributed by atoms with Gasteiger partial charge in [0.2, 0.25) is 5.91 Å². The van der Waals surface area contributed by atoms with Crippen LogP contribution in [-0.4, -0.2) is 33.1 Å². The standard InChI is InChI=1S/C14H23N3O3/c1-11(2)14(3,13(19)20)9-12(18)16-5-4-7-17-8-6-15-10-17/h6,8,10-11H,4-5,7,9H2,1-3H3,(H,16,18)(H,19,20). The van der Waals surface area contributed by atoms with Crippen molar-refractivity contribution < 1.29 is 14.7 Å². The third-order valence-corrected chi connectivity index (χ3v) is 3.77. The zero-order chi connectivity index (χ0) is 15.2. The molecule has 1 amide bonds. The van der Waals surface area contributed by atoms with Gasteiger partial charge in [-0.05, 0) is 19.3 Å². The van der Waals surface area contributed by atoms with Gasteiger partial charge in [-0.3, -0.25) is 9.59 Å². The summed E-state index contributed by atoms with van der Waals surface area (Å²) in [5.41, 5.74) is -1.02. The number of carboxylic acid groups (broad SMARTS) is 1. The maximum absolute atomic E-state index is 11.8. The molecule has 2 N–H and O–H groups in total. The molecule has 1 rings (SSSR count). The van der Waals surface area contributed by atoms with Gasteiger partial charge in [0.15, 0.2) is 0 Å². The minimum Gasteiger partial charge on any atom is -0.481 e. The van der Waals surface area contributed by atoms with Crippen molar-refractivity contribution in [2.45, 2.75) is 40.2 Å². The average molecular weight is 281 g/mol. The number of amides is 1. The van der Waals surface area contributed by atoms with Crippen LogP contribution < -0.4 is 5.32 Å². The Morgan fingerprint density at radius 3 is 2.65 bits per heavy atom. The molecule has 1 unspecified atom stereocenters. The normalized spacial score (nSPS) is 14.0. The highest BCUT2D eigenvalue weighted by Gasteiger charge is 2.38. The van der Waals surface area contributed by atoms with Crippen molar-refractivity contribution >= 4 is 11.9 Å². The summed E-state index contributed by atoms with van der Waals surface area (Å²) in [7, 11) is 0. The topological polar surface area (TPSA) is 84.2 Å². The average Bonchev–Trinajstić information content (AvgIpc) is 2.87. The number of rotatable bonds is 8. The van der Waals surface area contributed by atoms with Gasteiger partial charge in [0.25, 0.3) is 0 Å². The van der Waals surface area contributed by atoms with Crippen molar-refractivity contribution in [2.24, 2.45) is 11.3 Å². The number of hydrogen-bond acceptors (Lipinski definition) is 3. The summed E-state index contributed by atoms with van der Waals surface area (Å²) in [6, 6.07) is 0. The first-order valence-electron chi connectivity index (χ1n) is 6.82. The number of carbonyl (C=O) groups excluding carboxylic acids is 1. The molecule has 1 aromatic heterocycles. The Labute approximate surface area is 119 Å². The molecule has 0 aromatic carbocycles. The van der Waals surface area contributed by atoms with E-state index in [4.69, 9.17) is 0 Å². The third-order valence-electron chi connectivity index (χ3n) is 3.77. The Morgan fingerprint density at radius 1 is 1.45 bits per heavy atom. The van der Waals surface area contributed by atoms with Crippen LogP contribution in [0.5, 0.6) is 0 Å². The summed E-state index contributed by atoms with van der Waals surface area (Å²) in [5.74, 6) is -1.24. The van der Waals surface area contributed by atoms with Gasteiger partial charge in [0, 0.05) is 31.9 Å². The SMILES string of the molecule is CC(C)C(C)(CC(=O)NCCCn1ccnc1)C(=O)O. The molecule has 112 valence electrons. The molecule has 0 bridgehead atoms. The largest absolute Gasteiger partial charge is 0.481 e. The van der Waals surface area contributed by atoms with Crippen molar-refractivity contribution in [3.8, 4) is 0 Å². The maximum atomic E-state index is 11.8. The smallest absolute Gasteiger partial charge is 0.310 e. The molecule has 1 heterocycles. The molecule has 0 aliphatic heterocycles. The predicted molar refractivity (Wildman–Crippen MR) is 75.1 cm³/mol. The van der Waals surface area contributed by atoms with E-state index < -0.39 is 11.4 Å². The molecule has 20 heavy (non-hydrogen) atoms. The second kappa shape index (κ2) is 7.07. The van der Waals surface area contributed by atoms with Gasteiger partial charge in [0.1, 0.15) is 0 Å². The van der Waals surface area contributed by atoms with Crippen LogP contribution >= 0.6 is 0 Å². The molecular formula is C14H23N3O3. The van der Waals surface area contributed by atoms with E-state index in [-0.39, 0.29) is 18.2 Å². The van der Waals surface area contributed by atoms with Gasteiger partial charge in [-0.15, -0.1) is 0 Å². The van der Waals surface area contributed by atoms with Crippen LogP contribution in [0.15, 0.2) is 18.7 Å². The Balaban J connectivity index is 2.33. The van der Waals surface area contributed by atoms with Crippen molar-refractivity contribution in [1.82, 2.24) is 14.9 Å². The quantitative estimate of drug-likeness (QED) is 0.708. The van der Waals surface area contributed by atoms with Crippen LogP contribution in [0, 0.1) is 11.3 Å². The number of nitrogens with zero attached hydrogens (tertiary/aromatic N) is 2. The second-order valence-corrected chi connectivity index (χ2v) is 5.56. The lowest BCUT2D eigenvalue weighted by Gasteiger charge is -2.28. The van der Waals surface area contributed by atoms with Crippen LogP contribution in [0.25, 0.3) is 0 Å². The second-order valence-electron chi connectivity index (χ2n) is 5.56. The summed E-state index contributed by atoms with van der Waals surface area (Å²) in [6.45, 7) is 6.57. The summed E-state index contributed by atoms with van der Waals surface area (Å²) < 4.78 is 1.93. The van der Waals surface area contributed by atoms with Crippen LogP contribution in [0.4, 0.5) is 0 Å². The number of aryl methyl sites for hydroxylation is 1. The molecule has 0 aliphatic rings. The van der Waals surface area contributed by atoms with Crippen LogP contribution in [-0.2, 0) is 16.1 Å². The molecule has 0 saturated carbocycles. The van der Waals surface area contributed by atoms with Crippen LogP contribution in [0.1, 0.15) is 33.6 Å². The third kappa shape index (κ3) is 4.36. The number of carboxylic acids is 1. The summed E-state index contributed by atoms with van der Waals surface area (Å²) in [6.07, 6.45) is 6.09. The first kappa shape index (κ1) is 16.2. The number of aliphatic carboxylic acids is 1. The van der Waals surface area contributed by atoms with E-state index in [0.717, 1.165) is 13.0 Å². The van der Waals surface area contributed by atoms with Gasteiger partial charge in [-0.2, -0.15) is 0 Å². The minimum atomic E-state index is -1.02. The van der Waals surface area contributed by atoms with E-state index >= 15 is 0 Å². The number of carbonyl (C=O) groups is 2. The van der Waals surface area contributed by atoms with Crippen molar-refractivity contribution in [3.63, 3.8) is 0 Å². The predicted octanol–water partition coefficient (Wildman–Crippen LogP) is 1.53. The van der Waals surface area contributed by atoms with Gasteiger partial charge >= 0.3 is 5.97 Å². The molecular weight excluding hydrogens is 258 g/mol. The number of aromatic nitrogens is 2. The zero-order valence-corrected chi connectivity index (χ0v) is 12.3. The summed E-state index contributed by atoms with van der Waals surface area (Å²) in [5, 5.41) is 12.0. The molecule has 0 radical (unpaired) electrons. The van der Waals surface area contributed by atoms with Gasteiger partial charge < -0.3 is 15.0 Å². The van der Waals surface area contributed by atoms with Gasteiger partial charge in [-0.1, -0.05) is 13.8 Å². The highest BCUT2D eigenvalue weighted by Crippen LogP contribution is 2.31. The first-order valence-corrected chi connectivity index (χ1v) is 6.82. The van der Waals surface area contributed by atoms with E-state index in [1.54, 1.807) is 19.4 Å². The van der Waals surface area contributed by atoms with Crippen molar-refractivity contribution in [2.75, 3.05) is 6.54 Å². The lowest BCUT2D eigenvalue weighted by Crippen LogP contribution is -2.39. The zero-order valence-electron chi connectivity index (χ0n) is 12.3.